The van der Waals surface area contributed by atoms with Gasteiger partial charge in [0.2, 0.25) is 0 Å². The van der Waals surface area contributed by atoms with Crippen LogP contribution in [0.3, 0.4) is 0 Å². The Bertz CT molecular complexity index is 599. The third kappa shape index (κ3) is 3.26. The van der Waals surface area contributed by atoms with E-state index in [0.29, 0.717) is 11.3 Å². The summed E-state index contributed by atoms with van der Waals surface area (Å²) in [5.74, 6) is -0.875. The Balaban J connectivity index is 2.18. The third-order valence-corrected chi connectivity index (χ3v) is 3.33. The van der Waals surface area contributed by atoms with Crippen molar-refractivity contribution >= 4 is 29.0 Å². The lowest BCUT2D eigenvalue weighted by Gasteiger charge is -2.07. The summed E-state index contributed by atoms with van der Waals surface area (Å²) in [7, 11) is 0. The number of hydrogen-bond acceptors (Lipinski definition) is 3. The Hall–Kier alpha value is -2.01. The van der Waals surface area contributed by atoms with Crippen molar-refractivity contribution in [2.75, 3.05) is 17.3 Å². The minimum Gasteiger partial charge on any atom is -0.399 e. The largest absolute Gasteiger partial charge is 0.399 e. The molecule has 0 radical (unpaired) electrons. The topological polar surface area (TPSA) is 55.1 Å². The molecule has 0 bridgehead atoms. The standard InChI is InChI=1S/C14H13FN2OS/c1-19-11-5-2-9(3-6-11)14(18)17-13-8-10(16)4-7-12(13)15/h2-8H,16H2,1H3,(H,17,18). The van der Waals surface area contributed by atoms with Gasteiger partial charge in [0.05, 0.1) is 5.69 Å². The number of nitrogens with two attached hydrogens (primary N) is 1. The van der Waals surface area contributed by atoms with E-state index < -0.39 is 5.82 Å². The molecule has 2 rings (SSSR count). The van der Waals surface area contributed by atoms with Gasteiger partial charge in [0.15, 0.2) is 0 Å². The van der Waals surface area contributed by atoms with Crippen molar-refractivity contribution in [2.45, 2.75) is 4.90 Å². The van der Waals surface area contributed by atoms with E-state index in [9.17, 15) is 9.18 Å². The van der Waals surface area contributed by atoms with E-state index in [4.69, 9.17) is 5.73 Å². The van der Waals surface area contributed by atoms with Crippen LogP contribution in [0, 0.1) is 5.82 Å². The van der Waals surface area contributed by atoms with Crippen LogP contribution in [0.4, 0.5) is 15.8 Å². The molecule has 0 spiro atoms. The first-order valence-corrected chi connectivity index (χ1v) is 6.83. The summed E-state index contributed by atoms with van der Waals surface area (Å²) >= 11 is 1.59. The van der Waals surface area contributed by atoms with Gasteiger partial charge in [0.25, 0.3) is 5.91 Å². The molecule has 2 aromatic rings. The lowest BCUT2D eigenvalue weighted by Crippen LogP contribution is -2.13. The highest BCUT2D eigenvalue weighted by Crippen LogP contribution is 2.19. The highest BCUT2D eigenvalue weighted by atomic mass is 32.2. The molecule has 1 amide bonds. The van der Waals surface area contributed by atoms with Crippen LogP contribution in [0.25, 0.3) is 0 Å². The van der Waals surface area contributed by atoms with Gasteiger partial charge in [-0.05, 0) is 48.7 Å². The van der Waals surface area contributed by atoms with Crippen molar-refractivity contribution < 1.29 is 9.18 Å². The van der Waals surface area contributed by atoms with E-state index in [1.54, 1.807) is 23.9 Å². The van der Waals surface area contributed by atoms with Crippen molar-refractivity contribution in [3.8, 4) is 0 Å². The molecular formula is C14H13FN2OS. The van der Waals surface area contributed by atoms with Gasteiger partial charge >= 0.3 is 0 Å². The van der Waals surface area contributed by atoms with E-state index in [1.807, 2.05) is 18.4 Å². The van der Waals surface area contributed by atoms with Crippen molar-refractivity contribution in [1.82, 2.24) is 0 Å². The van der Waals surface area contributed by atoms with Crippen LogP contribution in [0.15, 0.2) is 47.4 Å². The number of thioether (sulfide) groups is 1. The second-order valence-corrected chi connectivity index (χ2v) is 4.80. The average molecular weight is 276 g/mol. The molecule has 0 fully saturated rings. The van der Waals surface area contributed by atoms with Crippen LogP contribution in [-0.2, 0) is 0 Å². The van der Waals surface area contributed by atoms with Gasteiger partial charge in [-0.15, -0.1) is 11.8 Å². The molecule has 19 heavy (non-hydrogen) atoms. The maximum atomic E-state index is 13.5. The number of hydrogen-bond donors (Lipinski definition) is 2. The van der Waals surface area contributed by atoms with Crippen LogP contribution >= 0.6 is 11.8 Å². The fourth-order valence-electron chi connectivity index (χ4n) is 1.58. The predicted octanol–water partition coefficient (Wildman–Crippen LogP) is 3.38. The quantitative estimate of drug-likeness (QED) is 0.667. The number of rotatable bonds is 3. The Labute approximate surface area is 115 Å². The van der Waals surface area contributed by atoms with Crippen LogP contribution in [-0.4, -0.2) is 12.2 Å². The number of nitrogens with one attached hydrogen (secondary N) is 1. The van der Waals surface area contributed by atoms with Crippen LogP contribution in [0.2, 0.25) is 0 Å². The summed E-state index contributed by atoms with van der Waals surface area (Å²) in [4.78, 5) is 13.0. The molecule has 0 aromatic heterocycles. The highest BCUT2D eigenvalue weighted by Gasteiger charge is 2.09. The number of carbonyl (C=O) groups excluding carboxylic acids is 1. The summed E-state index contributed by atoms with van der Waals surface area (Å²) in [6, 6.07) is 11.1. The molecule has 0 heterocycles. The SMILES string of the molecule is CSc1ccc(C(=O)Nc2cc(N)ccc2F)cc1. The number of amides is 1. The summed E-state index contributed by atoms with van der Waals surface area (Å²) in [5, 5.41) is 2.50. The Morgan fingerprint density at radius 2 is 1.89 bits per heavy atom. The zero-order chi connectivity index (χ0) is 13.8. The Kier molecular flexibility index (Phi) is 4.06. The zero-order valence-electron chi connectivity index (χ0n) is 10.3. The van der Waals surface area contributed by atoms with Crippen LogP contribution < -0.4 is 11.1 Å². The van der Waals surface area contributed by atoms with Gasteiger partial charge in [-0.25, -0.2) is 4.39 Å². The maximum absolute atomic E-state index is 13.5. The van der Waals surface area contributed by atoms with Gasteiger partial charge < -0.3 is 11.1 Å². The van der Waals surface area contributed by atoms with Crippen LogP contribution in [0.5, 0.6) is 0 Å². The second-order valence-electron chi connectivity index (χ2n) is 3.92. The van der Waals surface area contributed by atoms with Crippen molar-refractivity contribution in [3.63, 3.8) is 0 Å². The summed E-state index contributed by atoms with van der Waals surface area (Å²) in [6.07, 6.45) is 1.96. The fraction of sp³-hybridized carbons (Fsp3) is 0.0714. The molecule has 5 heteroatoms. The summed E-state index contributed by atoms with van der Waals surface area (Å²) < 4.78 is 13.5. The number of benzene rings is 2. The molecular weight excluding hydrogens is 263 g/mol. The molecule has 0 atom stereocenters. The van der Waals surface area contributed by atoms with E-state index >= 15 is 0 Å². The van der Waals surface area contributed by atoms with Crippen molar-refractivity contribution in [3.05, 3.63) is 53.8 Å². The van der Waals surface area contributed by atoms with E-state index in [-0.39, 0.29) is 11.6 Å². The fourth-order valence-corrected chi connectivity index (χ4v) is 1.98. The first-order valence-electron chi connectivity index (χ1n) is 5.60. The van der Waals surface area contributed by atoms with Gasteiger partial charge in [-0.2, -0.15) is 0 Å². The van der Waals surface area contributed by atoms with Gasteiger partial charge in [0, 0.05) is 16.1 Å². The number of carbonyl (C=O) groups is 1. The molecule has 3 N–H and O–H groups in total. The molecule has 98 valence electrons. The van der Waals surface area contributed by atoms with Gasteiger partial charge in [-0.1, -0.05) is 0 Å². The molecule has 0 aliphatic heterocycles. The van der Waals surface area contributed by atoms with E-state index in [0.717, 1.165) is 4.90 Å². The Morgan fingerprint density at radius 1 is 1.21 bits per heavy atom. The van der Waals surface area contributed by atoms with Crippen molar-refractivity contribution in [2.24, 2.45) is 0 Å². The molecule has 2 aromatic carbocycles. The van der Waals surface area contributed by atoms with E-state index in [2.05, 4.69) is 5.32 Å². The van der Waals surface area contributed by atoms with Crippen LogP contribution in [0.1, 0.15) is 10.4 Å². The molecule has 0 saturated carbocycles. The molecule has 0 aliphatic rings. The smallest absolute Gasteiger partial charge is 0.255 e. The lowest BCUT2D eigenvalue weighted by molar-refractivity contribution is 0.102. The first-order chi connectivity index (χ1) is 9.10. The normalized spacial score (nSPS) is 10.2. The molecule has 0 saturated heterocycles. The molecule has 0 unspecified atom stereocenters. The average Bonchev–Trinajstić information content (AvgIpc) is 2.43. The first kappa shape index (κ1) is 13.4. The lowest BCUT2D eigenvalue weighted by atomic mass is 10.2. The molecule has 3 nitrogen and oxygen atoms in total. The Morgan fingerprint density at radius 3 is 2.53 bits per heavy atom. The minimum absolute atomic E-state index is 0.0824. The molecule has 0 aliphatic carbocycles. The monoisotopic (exact) mass is 276 g/mol. The zero-order valence-corrected chi connectivity index (χ0v) is 11.1. The van der Waals surface area contributed by atoms with Gasteiger partial charge in [0.1, 0.15) is 5.82 Å². The number of nitrogen functional groups attached to an aromatic ring is 1. The minimum atomic E-state index is -0.511. The highest BCUT2D eigenvalue weighted by molar-refractivity contribution is 7.98. The van der Waals surface area contributed by atoms with Crippen molar-refractivity contribution in [1.29, 1.82) is 0 Å². The number of halogens is 1. The predicted molar refractivity (Wildman–Crippen MR) is 77.0 cm³/mol. The van der Waals surface area contributed by atoms with Gasteiger partial charge in [-0.3, -0.25) is 4.79 Å². The summed E-state index contributed by atoms with van der Waals surface area (Å²) in [5.41, 5.74) is 6.51. The number of anilines is 2. The summed E-state index contributed by atoms with van der Waals surface area (Å²) in [6.45, 7) is 0. The second kappa shape index (κ2) is 5.75. The third-order valence-electron chi connectivity index (χ3n) is 2.59. The van der Waals surface area contributed by atoms with E-state index in [1.165, 1.54) is 18.2 Å². The maximum Gasteiger partial charge on any atom is 0.255 e.